The second-order valence-corrected chi connectivity index (χ2v) is 3.89. The lowest BCUT2D eigenvalue weighted by atomic mass is 10.1. The number of halogens is 1. The number of pyridine rings is 1. The van der Waals surface area contributed by atoms with E-state index in [0.29, 0.717) is 5.82 Å². The fraction of sp³-hybridized carbons (Fsp3) is 0.444. The first-order valence-electron chi connectivity index (χ1n) is 4.31. The Morgan fingerprint density at radius 3 is 2.85 bits per heavy atom. The highest BCUT2D eigenvalue weighted by Crippen LogP contribution is 2.22. The maximum Gasteiger partial charge on any atom is 0.137 e. The van der Waals surface area contributed by atoms with Crippen molar-refractivity contribution >= 4 is 21.7 Å². The first-order chi connectivity index (χ1) is 6.15. The van der Waals surface area contributed by atoms with Gasteiger partial charge in [-0.05, 0) is 34.0 Å². The molecule has 0 unspecified atom stereocenters. The molecule has 0 aliphatic heterocycles. The first-order valence-corrected chi connectivity index (χ1v) is 5.11. The van der Waals surface area contributed by atoms with Crippen LogP contribution in [0.15, 0.2) is 16.7 Å². The van der Waals surface area contributed by atoms with Gasteiger partial charge in [0.25, 0.3) is 0 Å². The number of hydrogen-bond donors (Lipinski definition) is 2. The summed E-state index contributed by atoms with van der Waals surface area (Å²) >= 11 is 3.32. The van der Waals surface area contributed by atoms with Gasteiger partial charge in [0.05, 0.1) is 4.47 Å². The number of nitrogen functional groups attached to an aromatic ring is 1. The molecule has 0 aliphatic rings. The summed E-state index contributed by atoms with van der Waals surface area (Å²) in [6, 6.07) is 2.00. The Labute approximate surface area is 86.7 Å². The summed E-state index contributed by atoms with van der Waals surface area (Å²) in [6.45, 7) is 2.11. The van der Waals surface area contributed by atoms with Crippen LogP contribution in [0.5, 0.6) is 0 Å². The molecule has 13 heavy (non-hydrogen) atoms. The van der Waals surface area contributed by atoms with Crippen molar-refractivity contribution in [3.8, 4) is 0 Å². The maximum atomic E-state index is 5.92. The molecule has 1 heterocycles. The summed E-state index contributed by atoms with van der Waals surface area (Å²) in [4.78, 5) is 4.03. The summed E-state index contributed by atoms with van der Waals surface area (Å²) in [5, 5.41) is 0. The monoisotopic (exact) mass is 243 g/mol. The van der Waals surface area contributed by atoms with E-state index in [1.165, 1.54) is 0 Å². The number of hydrogen-bond acceptors (Lipinski definition) is 3. The molecule has 0 amide bonds. The van der Waals surface area contributed by atoms with Gasteiger partial charge >= 0.3 is 0 Å². The largest absolute Gasteiger partial charge is 0.383 e. The van der Waals surface area contributed by atoms with Crippen LogP contribution in [-0.2, 0) is 0 Å². The van der Waals surface area contributed by atoms with Crippen LogP contribution in [0, 0.1) is 0 Å². The summed E-state index contributed by atoms with van der Waals surface area (Å²) in [7, 11) is 0. The molecule has 0 aliphatic carbocycles. The lowest BCUT2D eigenvalue weighted by Crippen LogP contribution is -2.10. The van der Waals surface area contributed by atoms with E-state index in [1.807, 2.05) is 6.07 Å². The van der Waals surface area contributed by atoms with Crippen LogP contribution in [0.25, 0.3) is 0 Å². The second-order valence-electron chi connectivity index (χ2n) is 3.03. The number of nitrogens with zero attached hydrogens (tertiary/aromatic N) is 1. The van der Waals surface area contributed by atoms with E-state index in [2.05, 4.69) is 27.8 Å². The van der Waals surface area contributed by atoms with E-state index in [9.17, 15) is 0 Å². The molecule has 0 radical (unpaired) electrons. The van der Waals surface area contributed by atoms with Crippen LogP contribution in [0.3, 0.4) is 0 Å². The highest BCUT2D eigenvalue weighted by Gasteiger charge is 2.06. The predicted molar refractivity (Wildman–Crippen MR) is 58.2 cm³/mol. The van der Waals surface area contributed by atoms with E-state index in [-0.39, 0.29) is 6.04 Å². The molecule has 0 fully saturated rings. The fourth-order valence-corrected chi connectivity index (χ4v) is 1.51. The summed E-state index contributed by atoms with van der Waals surface area (Å²) in [6.07, 6.45) is 3.78. The molecule has 4 heteroatoms. The Morgan fingerprint density at radius 2 is 2.31 bits per heavy atom. The van der Waals surface area contributed by atoms with Crippen LogP contribution in [0.2, 0.25) is 0 Å². The Kier molecular flexibility index (Phi) is 3.69. The Bertz CT molecular complexity index is 288. The van der Waals surface area contributed by atoms with Gasteiger partial charge in [-0.25, -0.2) is 4.98 Å². The molecular weight excluding hydrogens is 230 g/mol. The molecule has 4 N–H and O–H groups in total. The summed E-state index contributed by atoms with van der Waals surface area (Å²) in [5.41, 5.74) is 12.5. The summed E-state index contributed by atoms with van der Waals surface area (Å²) < 4.78 is 0.816. The van der Waals surface area contributed by atoms with Crippen molar-refractivity contribution in [1.82, 2.24) is 4.98 Å². The zero-order chi connectivity index (χ0) is 9.84. The van der Waals surface area contributed by atoms with Crippen LogP contribution < -0.4 is 11.5 Å². The molecule has 1 aromatic rings. The molecule has 72 valence electrons. The van der Waals surface area contributed by atoms with Crippen molar-refractivity contribution in [2.24, 2.45) is 5.73 Å². The second kappa shape index (κ2) is 4.58. The maximum absolute atomic E-state index is 5.92. The van der Waals surface area contributed by atoms with Gasteiger partial charge in [0.2, 0.25) is 0 Å². The third-order valence-electron chi connectivity index (χ3n) is 1.92. The minimum absolute atomic E-state index is 0.0643. The normalized spacial score (nSPS) is 12.8. The number of rotatable bonds is 3. The van der Waals surface area contributed by atoms with Crippen LogP contribution >= 0.6 is 15.9 Å². The van der Waals surface area contributed by atoms with Crippen molar-refractivity contribution < 1.29 is 0 Å². The zero-order valence-electron chi connectivity index (χ0n) is 7.63. The van der Waals surface area contributed by atoms with Crippen molar-refractivity contribution in [2.45, 2.75) is 25.8 Å². The Morgan fingerprint density at radius 1 is 1.62 bits per heavy atom. The lowest BCUT2D eigenvalue weighted by Gasteiger charge is -2.10. The standard InChI is InChI=1S/C9H14BrN3/c1-2-3-8(11)6-4-7(10)9(12)13-5-6/h4-5,8H,2-3,11H2,1H3,(H2,12,13)/t8-/m1/s1. The van der Waals surface area contributed by atoms with Crippen LogP contribution in [0.1, 0.15) is 31.4 Å². The molecule has 1 atom stereocenters. The minimum atomic E-state index is 0.0643. The molecule has 0 aromatic carbocycles. The van der Waals surface area contributed by atoms with E-state index in [4.69, 9.17) is 11.5 Å². The Hall–Kier alpha value is -0.610. The predicted octanol–water partition coefficient (Wildman–Crippen LogP) is 2.23. The first kappa shape index (κ1) is 10.5. The molecule has 0 bridgehead atoms. The number of anilines is 1. The van der Waals surface area contributed by atoms with Crippen molar-refractivity contribution in [3.05, 3.63) is 22.3 Å². The van der Waals surface area contributed by atoms with Crippen molar-refractivity contribution in [1.29, 1.82) is 0 Å². The van der Waals surface area contributed by atoms with Crippen molar-refractivity contribution in [3.63, 3.8) is 0 Å². The average molecular weight is 244 g/mol. The van der Waals surface area contributed by atoms with Gasteiger partial charge in [-0.15, -0.1) is 0 Å². The van der Waals surface area contributed by atoms with E-state index in [1.54, 1.807) is 6.20 Å². The fourth-order valence-electron chi connectivity index (χ4n) is 1.14. The molecule has 0 spiro atoms. The quantitative estimate of drug-likeness (QED) is 0.856. The molecular formula is C9H14BrN3. The van der Waals surface area contributed by atoms with Gasteiger partial charge in [-0.3, -0.25) is 0 Å². The van der Waals surface area contributed by atoms with Crippen molar-refractivity contribution in [2.75, 3.05) is 5.73 Å². The van der Waals surface area contributed by atoms with Gasteiger partial charge in [0.1, 0.15) is 5.82 Å². The summed E-state index contributed by atoms with van der Waals surface area (Å²) in [5.74, 6) is 0.507. The van der Waals surface area contributed by atoms with E-state index >= 15 is 0 Å². The van der Waals surface area contributed by atoms with Gasteiger partial charge in [0.15, 0.2) is 0 Å². The van der Waals surface area contributed by atoms with Gasteiger partial charge in [-0.1, -0.05) is 13.3 Å². The Balaban J connectivity index is 2.84. The molecule has 0 saturated heterocycles. The van der Waals surface area contributed by atoms with Crippen LogP contribution in [-0.4, -0.2) is 4.98 Å². The minimum Gasteiger partial charge on any atom is -0.383 e. The van der Waals surface area contributed by atoms with Crippen LogP contribution in [0.4, 0.5) is 5.82 Å². The molecule has 1 rings (SSSR count). The highest BCUT2D eigenvalue weighted by atomic mass is 79.9. The average Bonchev–Trinajstić information content (AvgIpc) is 2.10. The van der Waals surface area contributed by atoms with E-state index < -0.39 is 0 Å². The third-order valence-corrected chi connectivity index (χ3v) is 2.55. The molecule has 0 saturated carbocycles. The SMILES string of the molecule is CCC[C@@H](N)c1cnc(N)c(Br)c1. The highest BCUT2D eigenvalue weighted by molar-refractivity contribution is 9.10. The van der Waals surface area contributed by atoms with E-state index in [0.717, 1.165) is 22.9 Å². The van der Waals surface area contributed by atoms with Gasteiger partial charge < -0.3 is 11.5 Å². The lowest BCUT2D eigenvalue weighted by molar-refractivity contribution is 0.636. The smallest absolute Gasteiger partial charge is 0.137 e. The van der Waals surface area contributed by atoms with Gasteiger partial charge in [0, 0.05) is 12.2 Å². The van der Waals surface area contributed by atoms with Gasteiger partial charge in [-0.2, -0.15) is 0 Å². The third kappa shape index (κ3) is 2.67. The molecule has 3 nitrogen and oxygen atoms in total. The topological polar surface area (TPSA) is 64.9 Å². The number of nitrogens with two attached hydrogens (primary N) is 2. The zero-order valence-corrected chi connectivity index (χ0v) is 9.21. The molecule has 1 aromatic heterocycles. The number of aromatic nitrogens is 1.